The Morgan fingerprint density at radius 2 is 1.91 bits per heavy atom. The molecule has 1 aromatic rings. The maximum atomic E-state index is 12.2. The maximum absolute atomic E-state index is 12.2. The van der Waals surface area contributed by atoms with Crippen LogP contribution in [0.4, 0.5) is 0 Å². The average molecular weight is 306 g/mol. The number of carbonyl (C=O) groups excluding carboxylic acids is 1. The lowest BCUT2D eigenvalue weighted by atomic mass is 10.0. The monoisotopic (exact) mass is 306 g/mol. The molecule has 122 valence electrons. The quantitative estimate of drug-likeness (QED) is 0.891. The second kappa shape index (κ2) is 7.15. The highest BCUT2D eigenvalue weighted by Crippen LogP contribution is 2.15. The van der Waals surface area contributed by atoms with Gasteiger partial charge in [-0.3, -0.25) is 9.69 Å². The molecule has 0 unspecified atom stereocenters. The van der Waals surface area contributed by atoms with Crippen molar-refractivity contribution in [3.63, 3.8) is 0 Å². The van der Waals surface area contributed by atoms with Gasteiger partial charge >= 0.3 is 0 Å². The van der Waals surface area contributed by atoms with E-state index in [0.717, 1.165) is 32.1 Å². The van der Waals surface area contributed by atoms with Gasteiger partial charge in [0.25, 0.3) is 5.91 Å². The third-order valence-electron chi connectivity index (χ3n) is 4.00. The standard InChI is InChI=1S/C16H26N4O2/c1-12(2)14-17-9-13(10-18-14)15(21)19-11-16(3,4)20-5-7-22-8-6-20/h9-10,12H,5-8,11H2,1-4H3,(H,19,21). The summed E-state index contributed by atoms with van der Waals surface area (Å²) in [5, 5.41) is 2.98. The van der Waals surface area contributed by atoms with Crippen LogP contribution < -0.4 is 5.32 Å². The SMILES string of the molecule is CC(C)c1ncc(C(=O)NCC(C)(C)N2CCOCC2)cn1. The van der Waals surface area contributed by atoms with Crippen LogP contribution in [0.1, 0.15) is 49.8 Å². The number of carbonyl (C=O) groups is 1. The first-order chi connectivity index (χ1) is 10.4. The van der Waals surface area contributed by atoms with E-state index in [1.54, 1.807) is 12.4 Å². The van der Waals surface area contributed by atoms with Crippen LogP contribution in [-0.2, 0) is 4.74 Å². The van der Waals surface area contributed by atoms with Gasteiger partial charge in [0.2, 0.25) is 0 Å². The molecule has 2 heterocycles. The van der Waals surface area contributed by atoms with Crippen molar-refractivity contribution < 1.29 is 9.53 Å². The predicted molar refractivity (Wildman–Crippen MR) is 84.9 cm³/mol. The van der Waals surface area contributed by atoms with E-state index in [2.05, 4.69) is 34.0 Å². The molecular formula is C16H26N4O2. The fraction of sp³-hybridized carbons (Fsp3) is 0.688. The molecule has 1 aliphatic heterocycles. The van der Waals surface area contributed by atoms with Crippen molar-refractivity contribution in [2.45, 2.75) is 39.2 Å². The van der Waals surface area contributed by atoms with Crippen LogP contribution in [0.3, 0.4) is 0 Å². The Balaban J connectivity index is 1.91. The molecule has 1 N–H and O–H groups in total. The Kier molecular flexibility index (Phi) is 5.47. The van der Waals surface area contributed by atoms with Gasteiger partial charge in [0, 0.05) is 43.5 Å². The molecule has 0 radical (unpaired) electrons. The molecular weight excluding hydrogens is 280 g/mol. The summed E-state index contributed by atoms with van der Waals surface area (Å²) in [5.41, 5.74) is 0.403. The highest BCUT2D eigenvalue weighted by atomic mass is 16.5. The van der Waals surface area contributed by atoms with Crippen molar-refractivity contribution >= 4 is 5.91 Å². The van der Waals surface area contributed by atoms with Crippen LogP contribution in [0.25, 0.3) is 0 Å². The summed E-state index contributed by atoms with van der Waals surface area (Å²) < 4.78 is 5.37. The molecule has 0 spiro atoms. The first kappa shape index (κ1) is 16.8. The van der Waals surface area contributed by atoms with E-state index in [-0.39, 0.29) is 17.4 Å². The molecule has 0 bridgehead atoms. The summed E-state index contributed by atoms with van der Waals surface area (Å²) in [5.74, 6) is 0.888. The lowest BCUT2D eigenvalue weighted by Gasteiger charge is -2.40. The third kappa shape index (κ3) is 4.24. The summed E-state index contributed by atoms with van der Waals surface area (Å²) in [6.07, 6.45) is 3.19. The van der Waals surface area contributed by atoms with Crippen LogP contribution in [0.5, 0.6) is 0 Å². The number of nitrogens with zero attached hydrogens (tertiary/aromatic N) is 3. The van der Waals surface area contributed by atoms with Crippen molar-refractivity contribution in [2.24, 2.45) is 0 Å². The Labute approximate surface area is 132 Å². The van der Waals surface area contributed by atoms with Crippen LogP contribution in [0, 0.1) is 0 Å². The number of amides is 1. The maximum Gasteiger partial charge on any atom is 0.254 e. The average Bonchev–Trinajstić information content (AvgIpc) is 2.53. The van der Waals surface area contributed by atoms with Gasteiger partial charge in [-0.1, -0.05) is 13.8 Å². The van der Waals surface area contributed by atoms with Gasteiger partial charge in [0.15, 0.2) is 0 Å². The molecule has 2 rings (SSSR count). The molecule has 0 atom stereocenters. The minimum absolute atomic E-state index is 0.0990. The Morgan fingerprint density at radius 1 is 1.32 bits per heavy atom. The number of aromatic nitrogens is 2. The van der Waals surface area contributed by atoms with Crippen molar-refractivity contribution in [1.29, 1.82) is 0 Å². The van der Waals surface area contributed by atoms with E-state index < -0.39 is 0 Å². The van der Waals surface area contributed by atoms with E-state index in [0.29, 0.717) is 12.1 Å². The van der Waals surface area contributed by atoms with E-state index in [9.17, 15) is 4.79 Å². The zero-order valence-corrected chi connectivity index (χ0v) is 13.9. The fourth-order valence-corrected chi connectivity index (χ4v) is 2.43. The van der Waals surface area contributed by atoms with Gasteiger partial charge in [-0.25, -0.2) is 9.97 Å². The second-order valence-electron chi connectivity index (χ2n) is 6.58. The summed E-state index contributed by atoms with van der Waals surface area (Å²) in [7, 11) is 0. The number of nitrogens with one attached hydrogen (secondary N) is 1. The van der Waals surface area contributed by atoms with Crippen molar-refractivity contribution in [3.8, 4) is 0 Å². The van der Waals surface area contributed by atoms with Gasteiger partial charge < -0.3 is 10.1 Å². The van der Waals surface area contributed by atoms with Crippen LogP contribution in [0.15, 0.2) is 12.4 Å². The minimum Gasteiger partial charge on any atom is -0.379 e. The van der Waals surface area contributed by atoms with E-state index >= 15 is 0 Å². The normalized spacial score (nSPS) is 16.8. The Morgan fingerprint density at radius 3 is 2.45 bits per heavy atom. The molecule has 22 heavy (non-hydrogen) atoms. The largest absolute Gasteiger partial charge is 0.379 e. The highest BCUT2D eigenvalue weighted by molar-refractivity contribution is 5.93. The molecule has 6 nitrogen and oxygen atoms in total. The summed E-state index contributed by atoms with van der Waals surface area (Å²) >= 11 is 0. The Hall–Kier alpha value is -1.53. The van der Waals surface area contributed by atoms with Gasteiger partial charge in [0.05, 0.1) is 18.8 Å². The summed E-state index contributed by atoms with van der Waals surface area (Å²) in [6.45, 7) is 12.2. The van der Waals surface area contributed by atoms with Crippen molar-refractivity contribution in [1.82, 2.24) is 20.2 Å². The minimum atomic E-state index is -0.128. The van der Waals surface area contributed by atoms with E-state index in [4.69, 9.17) is 4.74 Å². The lowest BCUT2D eigenvalue weighted by molar-refractivity contribution is -0.00923. The molecule has 1 saturated heterocycles. The van der Waals surface area contributed by atoms with Gasteiger partial charge in [0.1, 0.15) is 5.82 Å². The number of hydrogen-bond acceptors (Lipinski definition) is 5. The molecule has 1 fully saturated rings. The molecule has 6 heteroatoms. The summed E-state index contributed by atoms with van der Waals surface area (Å²) in [4.78, 5) is 23.0. The van der Waals surface area contributed by atoms with Gasteiger partial charge in [-0.2, -0.15) is 0 Å². The lowest BCUT2D eigenvalue weighted by Crippen LogP contribution is -2.55. The number of rotatable bonds is 5. The predicted octanol–water partition coefficient (Wildman–Crippen LogP) is 1.44. The molecule has 1 aliphatic rings. The summed E-state index contributed by atoms with van der Waals surface area (Å²) in [6, 6.07) is 0. The zero-order valence-electron chi connectivity index (χ0n) is 13.9. The van der Waals surface area contributed by atoms with Crippen LogP contribution in [0.2, 0.25) is 0 Å². The first-order valence-electron chi connectivity index (χ1n) is 7.83. The molecule has 0 aromatic carbocycles. The molecule has 0 saturated carbocycles. The highest BCUT2D eigenvalue weighted by Gasteiger charge is 2.28. The Bertz CT molecular complexity index is 493. The smallest absolute Gasteiger partial charge is 0.254 e. The molecule has 0 aliphatic carbocycles. The van der Waals surface area contributed by atoms with E-state index in [1.165, 1.54) is 0 Å². The van der Waals surface area contributed by atoms with Crippen molar-refractivity contribution in [2.75, 3.05) is 32.8 Å². The zero-order chi connectivity index (χ0) is 16.2. The van der Waals surface area contributed by atoms with E-state index in [1.807, 2.05) is 13.8 Å². The number of hydrogen-bond donors (Lipinski definition) is 1. The van der Waals surface area contributed by atoms with Crippen LogP contribution in [-0.4, -0.2) is 59.2 Å². The third-order valence-corrected chi connectivity index (χ3v) is 4.00. The fourth-order valence-electron chi connectivity index (χ4n) is 2.43. The first-order valence-corrected chi connectivity index (χ1v) is 7.83. The number of ether oxygens (including phenoxy) is 1. The molecule has 1 amide bonds. The van der Waals surface area contributed by atoms with Crippen LogP contribution >= 0.6 is 0 Å². The van der Waals surface area contributed by atoms with Crippen molar-refractivity contribution in [3.05, 3.63) is 23.8 Å². The molecule has 1 aromatic heterocycles. The van der Waals surface area contributed by atoms with Gasteiger partial charge in [-0.15, -0.1) is 0 Å². The second-order valence-corrected chi connectivity index (χ2v) is 6.58. The van der Waals surface area contributed by atoms with Gasteiger partial charge in [-0.05, 0) is 13.8 Å². The topological polar surface area (TPSA) is 67.4 Å². The number of morpholine rings is 1.